The van der Waals surface area contributed by atoms with Gasteiger partial charge in [-0.15, -0.1) is 0 Å². The quantitative estimate of drug-likeness (QED) is 0.128. The molecule has 2 aliphatic rings. The second-order valence-corrected chi connectivity index (χ2v) is 14.9. The number of urea groups is 1. The number of aromatic nitrogens is 3. The molecule has 312 valence electrons. The van der Waals surface area contributed by atoms with Gasteiger partial charge in [0.2, 0.25) is 5.91 Å². The van der Waals surface area contributed by atoms with E-state index >= 15 is 0 Å². The number of aryl methyl sites for hydroxylation is 3. The van der Waals surface area contributed by atoms with E-state index in [9.17, 15) is 27.6 Å². The fourth-order valence-electron chi connectivity index (χ4n) is 7.07. The van der Waals surface area contributed by atoms with E-state index < -0.39 is 29.4 Å². The number of hydrogen-bond donors (Lipinski definition) is 2. The van der Waals surface area contributed by atoms with Gasteiger partial charge in [-0.05, 0) is 63.4 Å². The maximum atomic E-state index is 14.3. The molecule has 1 saturated heterocycles. The summed E-state index contributed by atoms with van der Waals surface area (Å²) in [4.78, 5) is 50.9. The number of nitrogens with one attached hydrogen (secondary N) is 2. The molecule has 6 rings (SSSR count). The molecule has 18 heteroatoms. The van der Waals surface area contributed by atoms with Crippen LogP contribution in [-0.4, -0.2) is 96.2 Å². The molecule has 0 spiro atoms. The maximum Gasteiger partial charge on any atom is 0.417 e. The molecule has 14 nitrogen and oxygen atoms in total. The van der Waals surface area contributed by atoms with Crippen molar-refractivity contribution in [3.05, 3.63) is 74.4 Å². The topological polar surface area (TPSA) is 149 Å². The predicted molar refractivity (Wildman–Crippen MR) is 216 cm³/mol. The van der Waals surface area contributed by atoms with Crippen molar-refractivity contribution in [1.82, 2.24) is 19.4 Å². The summed E-state index contributed by atoms with van der Waals surface area (Å²) >= 11 is 3.50. The third kappa shape index (κ3) is 10.0. The van der Waals surface area contributed by atoms with E-state index in [1.165, 1.54) is 10.8 Å². The zero-order chi connectivity index (χ0) is 41.6. The molecule has 0 radical (unpaired) electrons. The van der Waals surface area contributed by atoms with Crippen molar-refractivity contribution >= 4 is 56.0 Å². The lowest BCUT2D eigenvalue weighted by Crippen LogP contribution is -2.47. The first kappa shape index (κ1) is 42.7. The number of anilines is 3. The highest BCUT2D eigenvalue weighted by molar-refractivity contribution is 9.10. The Labute approximate surface area is 342 Å². The number of carbonyl (C=O) groups is 2. The predicted octanol–water partition coefficient (Wildman–Crippen LogP) is 6.93. The van der Waals surface area contributed by atoms with Crippen LogP contribution in [0.3, 0.4) is 0 Å². The number of benzene rings is 2. The van der Waals surface area contributed by atoms with E-state index in [4.69, 9.17) is 18.9 Å². The summed E-state index contributed by atoms with van der Waals surface area (Å²) in [7, 11) is 0. The molecular formula is C40H47BrF3N7O7. The van der Waals surface area contributed by atoms with Gasteiger partial charge >= 0.3 is 12.2 Å². The Morgan fingerprint density at radius 1 is 1.07 bits per heavy atom. The normalized spacial score (nSPS) is 16.8. The van der Waals surface area contributed by atoms with E-state index in [0.29, 0.717) is 55.0 Å². The number of likely N-dealkylation sites (N-methyl/N-ethyl adjacent to an activating group) is 1. The lowest BCUT2D eigenvalue weighted by atomic mass is 10.0. The van der Waals surface area contributed by atoms with Crippen LogP contribution in [0.2, 0.25) is 0 Å². The molecule has 0 bridgehead atoms. The van der Waals surface area contributed by atoms with Gasteiger partial charge in [0.1, 0.15) is 25.1 Å². The Hall–Kier alpha value is -4.94. The highest BCUT2D eigenvalue weighted by atomic mass is 79.9. The largest absolute Gasteiger partial charge is 0.489 e. The van der Waals surface area contributed by atoms with Gasteiger partial charge in [-0.3, -0.25) is 19.9 Å². The second-order valence-electron chi connectivity index (χ2n) is 14.1. The first-order chi connectivity index (χ1) is 27.8. The molecule has 0 unspecified atom stereocenters. The number of hydrogen-bond acceptors (Lipinski definition) is 10. The number of morpholine rings is 1. The van der Waals surface area contributed by atoms with E-state index in [-0.39, 0.29) is 80.4 Å². The van der Waals surface area contributed by atoms with E-state index in [1.54, 1.807) is 42.3 Å². The average molecular weight is 875 g/mol. The van der Waals surface area contributed by atoms with E-state index in [0.717, 1.165) is 16.5 Å². The van der Waals surface area contributed by atoms with Crippen molar-refractivity contribution in [1.29, 1.82) is 0 Å². The molecule has 58 heavy (non-hydrogen) atoms. The average Bonchev–Trinajstić information content (AvgIpc) is 3.20. The number of rotatable bonds is 14. The van der Waals surface area contributed by atoms with Crippen LogP contribution in [0.4, 0.5) is 35.2 Å². The molecule has 2 N–H and O–H groups in total. The molecule has 4 heterocycles. The van der Waals surface area contributed by atoms with Crippen LogP contribution in [0.25, 0.3) is 10.9 Å². The molecule has 2 aromatic carbocycles. The van der Waals surface area contributed by atoms with Gasteiger partial charge in [-0.2, -0.15) is 13.2 Å². The monoisotopic (exact) mass is 873 g/mol. The number of nitrogens with zero attached hydrogens (tertiary/aromatic N) is 5. The summed E-state index contributed by atoms with van der Waals surface area (Å²) in [6, 6.07) is 6.95. The summed E-state index contributed by atoms with van der Waals surface area (Å²) in [6.07, 6.45) is -0.984. The Balaban J connectivity index is 1.00. The zero-order valence-corrected chi connectivity index (χ0v) is 34.4. The number of ether oxygens (including phenoxy) is 4. The summed E-state index contributed by atoms with van der Waals surface area (Å²) in [6.45, 7) is 10.0. The Kier molecular flexibility index (Phi) is 13.8. The first-order valence-electron chi connectivity index (χ1n) is 19.2. The number of carbonyl (C=O) groups excluding carboxylic acids is 2. The Morgan fingerprint density at radius 3 is 2.60 bits per heavy atom. The SMILES string of the molecule is CC[C@@H]1COc2c(ccc3c2c(C(F)(F)F)cc(=O)n3CCCOCCC(=O)N2CCO[C@H](COc3cc(C)c(Br)cc3NC(=O)Nc3cnc(C)cn3)C2)N1CC. The summed E-state index contributed by atoms with van der Waals surface area (Å²) in [5, 5.41) is 5.30. The van der Waals surface area contributed by atoms with Crippen molar-refractivity contribution in [3.63, 3.8) is 0 Å². The van der Waals surface area contributed by atoms with Gasteiger partial charge in [0, 0.05) is 36.8 Å². The third-order valence-electron chi connectivity index (χ3n) is 10.1. The standard InChI is InChI=1S/C40H47BrF3N7O7/c1-5-26-22-58-38-32(50(26)6-2)9-8-31-37(38)28(40(42,43)44)17-36(53)51(31)11-7-13-55-14-10-35(52)49-12-15-56-27(21-49)23-57-33-16-24(3)29(41)18-30(33)47-39(54)48-34-20-45-25(4)19-46-34/h8-9,16-20,26-27H,5-7,10-15,21-23H2,1-4H3,(H2,46,47,48,54)/t26-,27+/m1/s1. The van der Waals surface area contributed by atoms with Crippen molar-refractivity contribution in [2.75, 3.05) is 68.2 Å². The van der Waals surface area contributed by atoms with Gasteiger partial charge in [-0.25, -0.2) is 9.78 Å². The molecule has 0 saturated carbocycles. The van der Waals surface area contributed by atoms with Crippen LogP contribution >= 0.6 is 15.9 Å². The molecule has 2 aliphatic heterocycles. The fraction of sp³-hybridized carbons (Fsp3) is 0.475. The van der Waals surface area contributed by atoms with Crippen LogP contribution in [0.15, 0.2) is 52.0 Å². The van der Waals surface area contributed by atoms with Gasteiger partial charge in [-0.1, -0.05) is 22.9 Å². The van der Waals surface area contributed by atoms with Crippen molar-refractivity contribution in [3.8, 4) is 11.5 Å². The van der Waals surface area contributed by atoms with E-state index in [1.807, 2.05) is 25.7 Å². The fourth-order valence-corrected chi connectivity index (χ4v) is 7.41. The Bertz CT molecular complexity index is 2170. The molecule has 1 fully saturated rings. The van der Waals surface area contributed by atoms with Crippen LogP contribution in [0.1, 0.15) is 49.9 Å². The summed E-state index contributed by atoms with van der Waals surface area (Å²) in [5.41, 5.74) is 0.950. The van der Waals surface area contributed by atoms with Crippen LogP contribution in [-0.2, 0) is 27.0 Å². The minimum absolute atomic E-state index is 0.0330. The highest BCUT2D eigenvalue weighted by Gasteiger charge is 2.38. The molecule has 0 aliphatic carbocycles. The number of pyridine rings is 1. The highest BCUT2D eigenvalue weighted by Crippen LogP contribution is 2.45. The molecular weight excluding hydrogens is 827 g/mol. The van der Waals surface area contributed by atoms with Crippen LogP contribution < -0.4 is 30.6 Å². The lowest BCUT2D eigenvalue weighted by Gasteiger charge is -2.38. The summed E-state index contributed by atoms with van der Waals surface area (Å²) < 4.78 is 68.7. The number of alkyl halides is 3. The van der Waals surface area contributed by atoms with Crippen molar-refractivity contribution < 1.29 is 41.7 Å². The Morgan fingerprint density at radius 2 is 1.88 bits per heavy atom. The molecule has 4 aromatic rings. The van der Waals surface area contributed by atoms with Crippen LogP contribution in [0, 0.1) is 13.8 Å². The maximum absolute atomic E-state index is 14.3. The zero-order valence-electron chi connectivity index (χ0n) is 32.8. The lowest BCUT2D eigenvalue weighted by molar-refractivity contribution is -0.141. The van der Waals surface area contributed by atoms with Gasteiger partial charge in [0.05, 0.1) is 78.1 Å². The molecule has 2 aromatic heterocycles. The molecule has 3 amide bonds. The third-order valence-corrected chi connectivity index (χ3v) is 10.9. The van der Waals surface area contributed by atoms with Gasteiger partial charge in [0.25, 0.3) is 5.56 Å². The summed E-state index contributed by atoms with van der Waals surface area (Å²) in [5.74, 6) is 0.705. The van der Waals surface area contributed by atoms with Gasteiger partial charge in [0.15, 0.2) is 11.6 Å². The number of halogens is 4. The van der Waals surface area contributed by atoms with Gasteiger partial charge < -0.3 is 38.6 Å². The first-order valence-corrected chi connectivity index (χ1v) is 20.0. The van der Waals surface area contributed by atoms with Crippen LogP contribution in [0.5, 0.6) is 11.5 Å². The van der Waals surface area contributed by atoms with E-state index in [2.05, 4.69) is 36.5 Å². The number of fused-ring (bicyclic) bond motifs is 3. The smallest absolute Gasteiger partial charge is 0.417 e. The van der Waals surface area contributed by atoms with Crippen molar-refractivity contribution in [2.24, 2.45) is 0 Å². The number of amides is 3. The molecule has 2 atom stereocenters. The minimum Gasteiger partial charge on any atom is -0.489 e. The van der Waals surface area contributed by atoms with Crippen molar-refractivity contribution in [2.45, 2.75) is 71.8 Å². The second kappa shape index (κ2) is 18.8. The minimum atomic E-state index is -4.76.